The van der Waals surface area contributed by atoms with Crippen LogP contribution in [0.2, 0.25) is 0 Å². The first-order valence-electron chi connectivity index (χ1n) is 14.2. The number of ether oxygens (including phenoxy) is 1. The first-order chi connectivity index (χ1) is 20.2. The number of amides is 1. The quantitative estimate of drug-likeness (QED) is 0.201. The van der Waals surface area contributed by atoms with Crippen LogP contribution >= 0.6 is 0 Å². The van der Waals surface area contributed by atoms with Gasteiger partial charge in [0.1, 0.15) is 17.4 Å². The van der Waals surface area contributed by atoms with Crippen molar-refractivity contribution in [3.05, 3.63) is 89.8 Å². The van der Waals surface area contributed by atoms with Gasteiger partial charge in [0.2, 0.25) is 5.88 Å². The minimum Gasteiger partial charge on any atom is -0.438 e. The number of hydrogen-bond acceptors (Lipinski definition) is 7. The van der Waals surface area contributed by atoms with E-state index in [4.69, 9.17) is 4.74 Å². The van der Waals surface area contributed by atoms with Crippen LogP contribution in [0.4, 0.5) is 15.8 Å². The summed E-state index contributed by atoms with van der Waals surface area (Å²) in [7, 11) is 6.08. The van der Waals surface area contributed by atoms with Crippen molar-refractivity contribution in [3.63, 3.8) is 0 Å². The molecule has 0 unspecified atom stereocenters. The maximum atomic E-state index is 15.0. The lowest BCUT2D eigenvalue weighted by Crippen LogP contribution is -2.25. The van der Waals surface area contributed by atoms with Crippen molar-refractivity contribution < 1.29 is 13.9 Å². The highest BCUT2D eigenvalue weighted by Crippen LogP contribution is 2.33. The van der Waals surface area contributed by atoms with E-state index in [1.807, 2.05) is 46.3 Å². The largest absolute Gasteiger partial charge is 0.438 e. The van der Waals surface area contributed by atoms with Crippen LogP contribution in [0.5, 0.6) is 11.6 Å². The summed E-state index contributed by atoms with van der Waals surface area (Å²) in [5.41, 5.74) is 3.78. The molecular weight excluding hydrogens is 531 g/mol. The Morgan fingerprint density at radius 2 is 1.81 bits per heavy atom. The maximum absolute atomic E-state index is 15.0. The van der Waals surface area contributed by atoms with E-state index in [-0.39, 0.29) is 17.2 Å². The molecule has 0 bridgehead atoms. The number of pyridine rings is 1. The molecule has 0 saturated heterocycles. The third-order valence-electron chi connectivity index (χ3n) is 6.91. The van der Waals surface area contributed by atoms with Crippen LogP contribution in [0.1, 0.15) is 54.9 Å². The maximum Gasteiger partial charge on any atom is 0.258 e. The fourth-order valence-corrected chi connectivity index (χ4v) is 4.52. The van der Waals surface area contributed by atoms with Gasteiger partial charge >= 0.3 is 0 Å². The molecule has 0 fully saturated rings. The van der Waals surface area contributed by atoms with Crippen LogP contribution in [0.15, 0.2) is 67.0 Å². The molecular formula is C33H39FN6O2. The van der Waals surface area contributed by atoms with Gasteiger partial charge in [-0.25, -0.2) is 19.3 Å². The average Bonchev–Trinajstić information content (AvgIpc) is 2.98. The van der Waals surface area contributed by atoms with Gasteiger partial charge in [0.05, 0.1) is 28.2 Å². The van der Waals surface area contributed by atoms with E-state index >= 15 is 4.39 Å². The summed E-state index contributed by atoms with van der Waals surface area (Å²) in [6.45, 7) is 7.92. The second-order valence-corrected chi connectivity index (χ2v) is 10.8. The standard InChI is InChI=1S/C33H39FN6O2/c1-7-31-35-17-15-28(37-31)25-10-8-16-36-33(25)42-24-12-13-27(34)26(21-24)32(41)38-29-20-23(22(2)3)11-14-30(29)40(6)19-9-18-39(4)5/h8,10-17,20-22H,7,9,18-19H2,1-6H3,(H,38,41). The van der Waals surface area contributed by atoms with E-state index in [0.717, 1.165) is 30.8 Å². The zero-order chi connectivity index (χ0) is 30.2. The molecule has 0 aliphatic carbocycles. The molecule has 8 nitrogen and oxygen atoms in total. The number of aromatic nitrogens is 3. The average molecular weight is 571 g/mol. The molecule has 0 atom stereocenters. The number of anilines is 2. The first kappa shape index (κ1) is 30.6. The Morgan fingerprint density at radius 1 is 1.00 bits per heavy atom. The number of halogens is 1. The molecule has 1 amide bonds. The van der Waals surface area contributed by atoms with E-state index in [1.165, 1.54) is 18.2 Å². The molecule has 0 aliphatic rings. The Balaban J connectivity index is 1.60. The molecule has 2 aromatic carbocycles. The van der Waals surface area contributed by atoms with Crippen LogP contribution in [0, 0.1) is 5.82 Å². The summed E-state index contributed by atoms with van der Waals surface area (Å²) in [5, 5.41) is 2.96. The molecule has 0 saturated carbocycles. The predicted molar refractivity (Wildman–Crippen MR) is 166 cm³/mol. The molecule has 0 aliphatic heterocycles. The van der Waals surface area contributed by atoms with Crippen molar-refractivity contribution in [1.82, 2.24) is 19.9 Å². The predicted octanol–water partition coefficient (Wildman–Crippen LogP) is 6.80. The molecule has 4 aromatic rings. The molecule has 9 heteroatoms. The topological polar surface area (TPSA) is 83.5 Å². The minimum atomic E-state index is -0.648. The SMILES string of the molecule is CCc1nccc(-c2cccnc2Oc2ccc(F)c(C(=O)Nc3cc(C(C)C)ccc3N(C)CCCN(C)C)c2)n1. The summed E-state index contributed by atoms with van der Waals surface area (Å²) >= 11 is 0. The van der Waals surface area contributed by atoms with E-state index in [9.17, 15) is 4.79 Å². The van der Waals surface area contributed by atoms with Gasteiger partial charge in [-0.1, -0.05) is 26.8 Å². The molecule has 220 valence electrons. The second kappa shape index (κ2) is 14.0. The lowest BCUT2D eigenvalue weighted by Gasteiger charge is -2.24. The molecule has 4 rings (SSSR count). The second-order valence-electron chi connectivity index (χ2n) is 10.8. The van der Waals surface area contributed by atoms with Crippen molar-refractivity contribution in [1.29, 1.82) is 0 Å². The number of aryl methyl sites for hydroxylation is 1. The smallest absolute Gasteiger partial charge is 0.258 e. The Bertz CT molecular complexity index is 1520. The number of nitrogens with one attached hydrogen (secondary N) is 1. The Hall–Kier alpha value is -4.37. The number of carbonyl (C=O) groups is 1. The van der Waals surface area contributed by atoms with Gasteiger partial charge in [-0.05, 0) is 87.1 Å². The van der Waals surface area contributed by atoms with Crippen molar-refractivity contribution >= 4 is 17.3 Å². The number of benzene rings is 2. The van der Waals surface area contributed by atoms with Crippen LogP contribution in [-0.4, -0.2) is 60.0 Å². The van der Waals surface area contributed by atoms with Crippen LogP contribution < -0.4 is 15.0 Å². The Kier molecular flexibility index (Phi) is 10.2. The highest BCUT2D eigenvalue weighted by atomic mass is 19.1. The molecule has 1 N–H and O–H groups in total. The molecule has 2 aromatic heterocycles. The van der Waals surface area contributed by atoms with E-state index in [0.29, 0.717) is 35.1 Å². The highest BCUT2D eigenvalue weighted by Gasteiger charge is 2.19. The van der Waals surface area contributed by atoms with Crippen molar-refractivity contribution in [2.45, 2.75) is 39.5 Å². The monoisotopic (exact) mass is 570 g/mol. The van der Waals surface area contributed by atoms with Gasteiger partial charge in [0.15, 0.2) is 0 Å². The molecule has 0 radical (unpaired) electrons. The lowest BCUT2D eigenvalue weighted by molar-refractivity contribution is 0.102. The minimum absolute atomic E-state index is 0.128. The first-order valence-corrected chi connectivity index (χ1v) is 14.2. The third kappa shape index (κ3) is 7.67. The van der Waals surface area contributed by atoms with Gasteiger partial charge < -0.3 is 19.9 Å². The lowest BCUT2D eigenvalue weighted by atomic mass is 10.0. The van der Waals surface area contributed by atoms with Gasteiger partial charge in [0.25, 0.3) is 5.91 Å². The van der Waals surface area contributed by atoms with Crippen molar-refractivity contribution in [2.24, 2.45) is 0 Å². The number of nitrogens with zero attached hydrogens (tertiary/aromatic N) is 5. The molecule has 2 heterocycles. The Labute approximate surface area is 247 Å². The van der Waals surface area contributed by atoms with Crippen LogP contribution in [0.3, 0.4) is 0 Å². The molecule has 0 spiro atoms. The van der Waals surface area contributed by atoms with Gasteiger partial charge in [0, 0.05) is 32.4 Å². The fourth-order valence-electron chi connectivity index (χ4n) is 4.52. The van der Waals surface area contributed by atoms with Crippen molar-refractivity contribution in [2.75, 3.05) is 44.4 Å². The van der Waals surface area contributed by atoms with Gasteiger partial charge in [-0.15, -0.1) is 0 Å². The highest BCUT2D eigenvalue weighted by molar-refractivity contribution is 6.06. The zero-order valence-corrected chi connectivity index (χ0v) is 25.2. The summed E-state index contributed by atoms with van der Waals surface area (Å²) in [5.74, 6) is 0.327. The number of hydrogen-bond donors (Lipinski definition) is 1. The van der Waals surface area contributed by atoms with Crippen molar-refractivity contribution in [3.8, 4) is 22.9 Å². The summed E-state index contributed by atoms with van der Waals surface area (Å²) < 4.78 is 21.1. The Morgan fingerprint density at radius 3 is 2.55 bits per heavy atom. The van der Waals surface area contributed by atoms with E-state index < -0.39 is 11.7 Å². The molecule has 42 heavy (non-hydrogen) atoms. The zero-order valence-electron chi connectivity index (χ0n) is 25.2. The number of carbonyl (C=O) groups excluding carboxylic acids is 1. The fraction of sp³-hybridized carbons (Fsp3) is 0.333. The summed E-state index contributed by atoms with van der Waals surface area (Å²) in [6, 6.07) is 15.6. The van der Waals surface area contributed by atoms with E-state index in [2.05, 4.69) is 50.0 Å². The van der Waals surface area contributed by atoms with Crippen LogP contribution in [0.25, 0.3) is 11.3 Å². The normalized spacial score (nSPS) is 11.2. The summed E-state index contributed by atoms with van der Waals surface area (Å²) in [4.78, 5) is 31.0. The summed E-state index contributed by atoms with van der Waals surface area (Å²) in [6.07, 6.45) is 4.95. The number of rotatable bonds is 12. The van der Waals surface area contributed by atoms with Gasteiger partial charge in [-0.3, -0.25) is 4.79 Å². The van der Waals surface area contributed by atoms with Crippen LogP contribution in [-0.2, 0) is 6.42 Å². The van der Waals surface area contributed by atoms with Gasteiger partial charge in [-0.2, -0.15) is 0 Å². The third-order valence-corrected chi connectivity index (χ3v) is 6.91. The van der Waals surface area contributed by atoms with E-state index in [1.54, 1.807) is 24.5 Å².